The zero-order chi connectivity index (χ0) is 5.98. The molecular formula is C4H8N3O. The Kier molecular flexibility index (Phi) is 1.45. The largest absolute Gasteiger partial charge is 0.368 e. The van der Waals surface area contributed by atoms with Gasteiger partial charge in [0.2, 0.25) is 5.91 Å². The average molecular weight is 114 g/mol. The van der Waals surface area contributed by atoms with Crippen LogP contribution in [0.3, 0.4) is 0 Å². The fraction of sp³-hybridized carbons (Fsp3) is 0.750. The van der Waals surface area contributed by atoms with Crippen LogP contribution in [0.2, 0.25) is 0 Å². The maximum absolute atomic E-state index is 10.3. The van der Waals surface area contributed by atoms with Crippen molar-refractivity contribution in [2.45, 2.75) is 6.04 Å². The van der Waals surface area contributed by atoms with Crippen LogP contribution < -0.4 is 16.4 Å². The van der Waals surface area contributed by atoms with Crippen molar-refractivity contribution in [2.24, 2.45) is 5.73 Å². The third-order valence-corrected chi connectivity index (χ3v) is 1.09. The molecule has 3 N–H and O–H groups in total. The molecule has 1 heterocycles. The Morgan fingerprint density at radius 1 is 1.88 bits per heavy atom. The van der Waals surface area contributed by atoms with Gasteiger partial charge in [-0.1, -0.05) is 0 Å². The Morgan fingerprint density at radius 3 is 2.88 bits per heavy atom. The number of amides is 1. The Hall–Kier alpha value is -0.610. The van der Waals surface area contributed by atoms with Gasteiger partial charge in [0.1, 0.15) is 6.04 Å². The van der Waals surface area contributed by atoms with E-state index in [4.69, 9.17) is 5.73 Å². The molecule has 1 radical (unpaired) electrons. The van der Waals surface area contributed by atoms with E-state index in [1.807, 2.05) is 0 Å². The van der Waals surface area contributed by atoms with Gasteiger partial charge in [0.05, 0.1) is 6.67 Å². The minimum absolute atomic E-state index is 0.282. The van der Waals surface area contributed by atoms with Gasteiger partial charge in [-0.25, -0.2) is 5.32 Å². The van der Waals surface area contributed by atoms with E-state index in [-0.39, 0.29) is 11.9 Å². The third-order valence-electron chi connectivity index (χ3n) is 1.09. The molecule has 4 nitrogen and oxygen atoms in total. The molecule has 1 rings (SSSR count). The highest BCUT2D eigenvalue weighted by molar-refractivity contribution is 5.80. The number of nitrogens with zero attached hydrogens (tertiary/aromatic N) is 1. The first-order valence-electron chi connectivity index (χ1n) is 2.47. The first kappa shape index (κ1) is 5.53. The number of rotatable bonds is 1. The second-order valence-corrected chi connectivity index (χ2v) is 1.71. The van der Waals surface area contributed by atoms with Crippen molar-refractivity contribution in [1.82, 2.24) is 10.6 Å². The summed E-state index contributed by atoms with van der Waals surface area (Å²) in [6.45, 7) is 1.17. The molecule has 0 aromatic rings. The van der Waals surface area contributed by atoms with E-state index in [0.717, 1.165) is 0 Å². The summed E-state index contributed by atoms with van der Waals surface area (Å²) < 4.78 is 0. The molecule has 0 bridgehead atoms. The van der Waals surface area contributed by atoms with Gasteiger partial charge in [-0.3, -0.25) is 4.79 Å². The monoisotopic (exact) mass is 114 g/mol. The summed E-state index contributed by atoms with van der Waals surface area (Å²) in [6.07, 6.45) is 0. The van der Waals surface area contributed by atoms with Gasteiger partial charge in [0.25, 0.3) is 0 Å². The Balaban J connectivity index is 2.35. The van der Waals surface area contributed by atoms with Crippen molar-refractivity contribution in [3.8, 4) is 0 Å². The predicted octanol–water partition coefficient (Wildman–Crippen LogP) is -1.99. The van der Waals surface area contributed by atoms with Crippen molar-refractivity contribution in [1.29, 1.82) is 0 Å². The number of hydrogen-bond donors (Lipinski definition) is 2. The minimum Gasteiger partial charge on any atom is -0.368 e. The van der Waals surface area contributed by atoms with Crippen molar-refractivity contribution in [3.63, 3.8) is 0 Å². The average Bonchev–Trinajstić information content (AvgIpc) is 2.12. The molecule has 1 aliphatic heterocycles. The maximum Gasteiger partial charge on any atom is 0.237 e. The normalized spacial score (nSPS) is 28.2. The van der Waals surface area contributed by atoms with E-state index in [0.29, 0.717) is 13.2 Å². The van der Waals surface area contributed by atoms with Crippen LogP contribution in [-0.2, 0) is 4.79 Å². The van der Waals surface area contributed by atoms with E-state index >= 15 is 0 Å². The molecule has 0 aromatic carbocycles. The lowest BCUT2D eigenvalue weighted by molar-refractivity contribution is -0.119. The first-order valence-corrected chi connectivity index (χ1v) is 2.47. The Bertz CT molecular complexity index is 97.5. The standard InChI is InChI=1S/C4H8N3O/c5-4(8)3-1-6-2-7-3/h3,6H,1-2H2,(H2,5,8). The lowest BCUT2D eigenvalue weighted by Crippen LogP contribution is -2.34. The number of carbonyl (C=O) groups excluding carboxylic acids is 1. The summed E-state index contributed by atoms with van der Waals surface area (Å²) in [5, 5.41) is 6.74. The van der Waals surface area contributed by atoms with E-state index in [1.165, 1.54) is 0 Å². The van der Waals surface area contributed by atoms with Crippen molar-refractivity contribution in [3.05, 3.63) is 0 Å². The second-order valence-electron chi connectivity index (χ2n) is 1.71. The summed E-state index contributed by atoms with van der Waals surface area (Å²) in [4.78, 5) is 10.3. The van der Waals surface area contributed by atoms with Gasteiger partial charge in [-0.05, 0) is 0 Å². The molecule has 1 saturated heterocycles. The zero-order valence-corrected chi connectivity index (χ0v) is 4.42. The van der Waals surface area contributed by atoms with Gasteiger partial charge in [-0.2, -0.15) is 0 Å². The van der Waals surface area contributed by atoms with Crippen molar-refractivity contribution in [2.75, 3.05) is 13.2 Å². The maximum atomic E-state index is 10.3. The fourth-order valence-electron chi connectivity index (χ4n) is 0.631. The summed E-state index contributed by atoms with van der Waals surface area (Å²) >= 11 is 0. The molecule has 1 atom stereocenters. The van der Waals surface area contributed by atoms with Crippen molar-refractivity contribution < 1.29 is 4.79 Å². The molecule has 1 fully saturated rings. The molecule has 45 valence electrons. The molecule has 1 aliphatic rings. The van der Waals surface area contributed by atoms with Crippen LogP contribution in [0, 0.1) is 0 Å². The van der Waals surface area contributed by atoms with Gasteiger partial charge in [-0.15, -0.1) is 0 Å². The molecule has 0 aromatic heterocycles. The van der Waals surface area contributed by atoms with Crippen LogP contribution in [0.25, 0.3) is 0 Å². The summed E-state index contributed by atoms with van der Waals surface area (Å²) in [5.41, 5.74) is 4.93. The molecule has 0 aliphatic carbocycles. The van der Waals surface area contributed by atoms with Crippen LogP contribution in [0.1, 0.15) is 0 Å². The SMILES string of the molecule is NC(=O)C1CNC[N]1. The highest BCUT2D eigenvalue weighted by atomic mass is 16.1. The topological polar surface area (TPSA) is 69.2 Å². The molecule has 1 amide bonds. The van der Waals surface area contributed by atoms with E-state index in [1.54, 1.807) is 0 Å². The Labute approximate surface area is 47.4 Å². The number of carbonyl (C=O) groups is 1. The number of hydrogen-bond acceptors (Lipinski definition) is 2. The van der Waals surface area contributed by atoms with Crippen molar-refractivity contribution >= 4 is 5.91 Å². The smallest absolute Gasteiger partial charge is 0.237 e. The second kappa shape index (κ2) is 2.11. The highest BCUT2D eigenvalue weighted by Crippen LogP contribution is 1.86. The summed E-state index contributed by atoms with van der Waals surface area (Å²) in [7, 11) is 0. The highest BCUT2D eigenvalue weighted by Gasteiger charge is 2.19. The van der Waals surface area contributed by atoms with Crippen LogP contribution in [0.15, 0.2) is 0 Å². The van der Waals surface area contributed by atoms with Crippen LogP contribution in [0.5, 0.6) is 0 Å². The first-order chi connectivity index (χ1) is 3.80. The van der Waals surface area contributed by atoms with Gasteiger partial charge < -0.3 is 11.1 Å². The Morgan fingerprint density at radius 2 is 2.62 bits per heavy atom. The predicted molar refractivity (Wildman–Crippen MR) is 28.0 cm³/mol. The third kappa shape index (κ3) is 0.962. The number of nitrogens with two attached hydrogens (primary N) is 1. The number of nitrogens with one attached hydrogen (secondary N) is 1. The molecule has 0 saturated carbocycles. The van der Waals surface area contributed by atoms with Crippen LogP contribution in [0.4, 0.5) is 0 Å². The molecule has 4 heteroatoms. The lowest BCUT2D eigenvalue weighted by atomic mass is 10.3. The van der Waals surface area contributed by atoms with E-state index < -0.39 is 0 Å². The van der Waals surface area contributed by atoms with Gasteiger partial charge >= 0.3 is 0 Å². The minimum atomic E-state index is -0.338. The quantitative estimate of drug-likeness (QED) is 0.414. The molecule has 0 spiro atoms. The van der Waals surface area contributed by atoms with E-state index in [2.05, 4.69) is 10.6 Å². The number of primary amides is 1. The van der Waals surface area contributed by atoms with E-state index in [9.17, 15) is 4.79 Å². The summed E-state index contributed by atoms with van der Waals surface area (Å²) in [6, 6.07) is -0.282. The van der Waals surface area contributed by atoms with Gasteiger partial charge in [0.15, 0.2) is 0 Å². The van der Waals surface area contributed by atoms with Crippen LogP contribution >= 0.6 is 0 Å². The zero-order valence-electron chi connectivity index (χ0n) is 4.42. The van der Waals surface area contributed by atoms with Crippen LogP contribution in [-0.4, -0.2) is 25.2 Å². The lowest BCUT2D eigenvalue weighted by Gasteiger charge is -1.97. The fourth-order valence-corrected chi connectivity index (χ4v) is 0.631. The molecule has 8 heavy (non-hydrogen) atoms. The van der Waals surface area contributed by atoms with Gasteiger partial charge in [0, 0.05) is 6.54 Å². The molecular weight excluding hydrogens is 106 g/mol. The molecule has 1 unspecified atom stereocenters. The summed E-state index contributed by atoms with van der Waals surface area (Å²) in [5.74, 6) is -0.338.